The number of hydrogen-bond acceptors (Lipinski definition) is 6. The number of hydrogen-bond donors (Lipinski definition) is 2. The lowest BCUT2D eigenvalue weighted by molar-refractivity contribution is -0.120. The van der Waals surface area contributed by atoms with Crippen molar-refractivity contribution in [3.05, 3.63) is 42.5 Å². The highest BCUT2D eigenvalue weighted by Crippen LogP contribution is 2.46. The first-order chi connectivity index (χ1) is 14.1. The van der Waals surface area contributed by atoms with Crippen molar-refractivity contribution in [1.82, 2.24) is 4.90 Å². The summed E-state index contributed by atoms with van der Waals surface area (Å²) < 4.78 is 5.22. The van der Waals surface area contributed by atoms with E-state index in [0.717, 1.165) is 40.8 Å². The molecule has 0 unspecified atom stereocenters. The average Bonchev–Trinajstić information content (AvgIpc) is 2.73. The van der Waals surface area contributed by atoms with Crippen LogP contribution in [0.2, 0.25) is 0 Å². The molecule has 0 bridgehead atoms. The van der Waals surface area contributed by atoms with Crippen molar-refractivity contribution in [2.75, 3.05) is 36.9 Å². The Kier molecular flexibility index (Phi) is 9.49. The summed E-state index contributed by atoms with van der Waals surface area (Å²) in [6.07, 6.45) is 0.170. The summed E-state index contributed by atoms with van der Waals surface area (Å²) in [5.74, 6) is 0.108. The van der Waals surface area contributed by atoms with Crippen molar-refractivity contribution >= 4 is 53.1 Å². The van der Waals surface area contributed by atoms with E-state index < -0.39 is 6.09 Å². The van der Waals surface area contributed by atoms with E-state index in [9.17, 15) is 9.59 Å². The molecule has 0 spiro atoms. The van der Waals surface area contributed by atoms with Crippen molar-refractivity contribution in [1.29, 1.82) is 0 Å². The van der Waals surface area contributed by atoms with E-state index in [4.69, 9.17) is 4.74 Å². The standard InChI is InChI=1S/C22H27N3O3S.ClH/c1-3-25(4-2)14-12-16(26)13-15-28-22(27)24-18-9-7-11-20-21(18)23-17-8-5-6-10-19(17)29-20;/h5-11,23H,3-4,12-15H2,1-2H3,(H,24,27);1H. The van der Waals surface area contributed by atoms with Crippen LogP contribution in [0.15, 0.2) is 52.3 Å². The number of nitrogens with one attached hydrogen (secondary N) is 2. The molecule has 0 aromatic heterocycles. The fourth-order valence-corrected chi connectivity index (χ4v) is 4.13. The largest absolute Gasteiger partial charge is 0.449 e. The summed E-state index contributed by atoms with van der Waals surface area (Å²) in [4.78, 5) is 28.6. The summed E-state index contributed by atoms with van der Waals surface area (Å²) in [7, 11) is 0. The van der Waals surface area contributed by atoms with Gasteiger partial charge in [-0.25, -0.2) is 4.79 Å². The fourth-order valence-electron chi connectivity index (χ4n) is 3.11. The Balaban J connectivity index is 0.00000320. The summed E-state index contributed by atoms with van der Waals surface area (Å²) in [5, 5.41) is 6.16. The maximum atomic E-state index is 12.2. The number of nitrogens with zero attached hydrogens (tertiary/aromatic N) is 1. The molecule has 1 aliphatic heterocycles. The van der Waals surface area contributed by atoms with Gasteiger partial charge in [-0.05, 0) is 37.4 Å². The monoisotopic (exact) mass is 449 g/mol. The Hall–Kier alpha value is -2.22. The average molecular weight is 450 g/mol. The minimum absolute atomic E-state index is 0. The van der Waals surface area contributed by atoms with Crippen LogP contribution in [0.25, 0.3) is 0 Å². The van der Waals surface area contributed by atoms with Crippen molar-refractivity contribution in [2.45, 2.75) is 36.5 Å². The summed E-state index contributed by atoms with van der Waals surface area (Å²) >= 11 is 1.65. The predicted octanol–water partition coefficient (Wildman–Crippen LogP) is 5.56. The van der Waals surface area contributed by atoms with Crippen LogP contribution >= 0.6 is 24.2 Å². The topological polar surface area (TPSA) is 70.7 Å². The van der Waals surface area contributed by atoms with Crippen LogP contribution in [0.5, 0.6) is 0 Å². The van der Waals surface area contributed by atoms with Gasteiger partial charge in [0, 0.05) is 29.2 Å². The second kappa shape index (κ2) is 11.8. The smallest absolute Gasteiger partial charge is 0.411 e. The molecule has 2 aromatic carbocycles. The van der Waals surface area contributed by atoms with Gasteiger partial charge in [0.05, 0.1) is 17.1 Å². The van der Waals surface area contributed by atoms with Gasteiger partial charge < -0.3 is 15.0 Å². The van der Waals surface area contributed by atoms with E-state index in [2.05, 4.69) is 35.4 Å². The van der Waals surface area contributed by atoms with Gasteiger partial charge in [-0.3, -0.25) is 10.1 Å². The third-order valence-electron chi connectivity index (χ3n) is 4.84. The molecule has 1 aliphatic rings. The van der Waals surface area contributed by atoms with Crippen LogP contribution < -0.4 is 10.6 Å². The highest BCUT2D eigenvalue weighted by Gasteiger charge is 2.19. The van der Waals surface area contributed by atoms with Gasteiger partial charge in [0.25, 0.3) is 0 Å². The van der Waals surface area contributed by atoms with Crippen LogP contribution in [0.1, 0.15) is 26.7 Å². The van der Waals surface area contributed by atoms with Crippen LogP contribution in [0.3, 0.4) is 0 Å². The zero-order valence-corrected chi connectivity index (χ0v) is 18.9. The summed E-state index contributed by atoms with van der Waals surface area (Å²) in [5.41, 5.74) is 2.51. The minimum atomic E-state index is -0.555. The first kappa shape index (κ1) is 24.1. The van der Waals surface area contributed by atoms with Gasteiger partial charge in [-0.15, -0.1) is 12.4 Å². The second-order valence-corrected chi connectivity index (χ2v) is 7.81. The van der Waals surface area contributed by atoms with Crippen LogP contribution in [-0.4, -0.2) is 43.0 Å². The molecule has 6 nitrogen and oxygen atoms in total. The molecule has 2 aromatic rings. The number of carbonyl (C=O) groups is 2. The van der Waals surface area contributed by atoms with E-state index in [1.54, 1.807) is 11.8 Å². The Bertz CT molecular complexity index is 874. The lowest BCUT2D eigenvalue weighted by Crippen LogP contribution is -2.26. The zero-order chi connectivity index (χ0) is 20.6. The van der Waals surface area contributed by atoms with Gasteiger partial charge in [-0.2, -0.15) is 0 Å². The van der Waals surface area contributed by atoms with E-state index in [-0.39, 0.29) is 31.2 Å². The van der Waals surface area contributed by atoms with E-state index in [0.29, 0.717) is 12.1 Å². The number of benzene rings is 2. The van der Waals surface area contributed by atoms with Crippen molar-refractivity contribution in [3.8, 4) is 0 Å². The molecule has 1 amide bonds. The summed E-state index contributed by atoms with van der Waals surface area (Å²) in [6, 6.07) is 13.8. The Morgan fingerprint density at radius 1 is 1.03 bits per heavy atom. The van der Waals surface area contributed by atoms with Gasteiger partial charge in [-0.1, -0.05) is 43.8 Å². The van der Waals surface area contributed by atoms with Crippen LogP contribution in [0, 0.1) is 0 Å². The molecule has 0 atom stereocenters. The van der Waals surface area contributed by atoms with Crippen molar-refractivity contribution in [2.24, 2.45) is 0 Å². The predicted molar refractivity (Wildman–Crippen MR) is 125 cm³/mol. The number of carbonyl (C=O) groups excluding carboxylic acids is 2. The number of para-hydroxylation sites is 2. The highest BCUT2D eigenvalue weighted by molar-refractivity contribution is 7.99. The molecule has 0 fully saturated rings. The van der Waals surface area contributed by atoms with Gasteiger partial charge in [0.2, 0.25) is 0 Å². The Morgan fingerprint density at radius 3 is 2.53 bits per heavy atom. The molecule has 0 aliphatic carbocycles. The lowest BCUT2D eigenvalue weighted by Gasteiger charge is -2.23. The molecule has 3 rings (SSSR count). The molecule has 30 heavy (non-hydrogen) atoms. The quantitative estimate of drug-likeness (QED) is 0.446. The number of ether oxygens (including phenoxy) is 1. The van der Waals surface area contributed by atoms with Crippen LogP contribution in [-0.2, 0) is 9.53 Å². The molecule has 0 saturated carbocycles. The third-order valence-corrected chi connectivity index (χ3v) is 5.98. The normalized spacial score (nSPS) is 11.6. The number of anilines is 3. The van der Waals surface area contributed by atoms with Gasteiger partial charge in [0.15, 0.2) is 0 Å². The maximum Gasteiger partial charge on any atom is 0.411 e. The molecule has 2 N–H and O–H groups in total. The molecular formula is C22H28ClN3O3S. The molecular weight excluding hydrogens is 422 g/mol. The maximum absolute atomic E-state index is 12.2. The van der Waals surface area contributed by atoms with E-state index in [1.807, 2.05) is 36.4 Å². The number of halogens is 1. The van der Waals surface area contributed by atoms with Gasteiger partial charge >= 0.3 is 6.09 Å². The van der Waals surface area contributed by atoms with Crippen molar-refractivity contribution < 1.29 is 14.3 Å². The van der Waals surface area contributed by atoms with E-state index in [1.165, 1.54) is 0 Å². The highest BCUT2D eigenvalue weighted by atomic mass is 35.5. The minimum Gasteiger partial charge on any atom is -0.449 e. The van der Waals surface area contributed by atoms with Crippen molar-refractivity contribution in [3.63, 3.8) is 0 Å². The first-order valence-electron chi connectivity index (χ1n) is 9.95. The Labute approximate surface area is 188 Å². The molecule has 0 radical (unpaired) electrons. The molecule has 0 saturated heterocycles. The molecule has 1 heterocycles. The lowest BCUT2D eigenvalue weighted by atomic mass is 10.2. The Morgan fingerprint density at radius 2 is 1.77 bits per heavy atom. The second-order valence-electron chi connectivity index (χ2n) is 6.73. The first-order valence-corrected chi connectivity index (χ1v) is 10.8. The molecule has 8 heteroatoms. The van der Waals surface area contributed by atoms with Crippen LogP contribution in [0.4, 0.5) is 21.9 Å². The van der Waals surface area contributed by atoms with Gasteiger partial charge in [0.1, 0.15) is 12.4 Å². The number of fused-ring (bicyclic) bond motifs is 2. The number of amides is 1. The molecule has 162 valence electrons. The number of ketones is 1. The number of Topliss-reactive ketones (excluding diaryl/α,β-unsaturated/α-hetero) is 1. The van der Waals surface area contributed by atoms with E-state index >= 15 is 0 Å². The number of rotatable bonds is 9. The third kappa shape index (κ3) is 6.39. The SMILES string of the molecule is CCN(CC)CCC(=O)CCOC(=O)Nc1cccc2c1Nc1ccccc1S2.Cl. The zero-order valence-electron chi connectivity index (χ0n) is 17.3. The fraction of sp³-hybridized carbons (Fsp3) is 0.364. The summed E-state index contributed by atoms with van der Waals surface area (Å²) in [6.45, 7) is 6.86.